The summed E-state index contributed by atoms with van der Waals surface area (Å²) in [5, 5.41) is 0. The van der Waals surface area contributed by atoms with Crippen molar-refractivity contribution in [3.05, 3.63) is 17.7 Å². The Morgan fingerprint density at radius 2 is 2.23 bits per heavy atom. The molecule has 1 aromatic rings. The van der Waals surface area contributed by atoms with Gasteiger partial charge in [0.05, 0.1) is 12.0 Å². The van der Waals surface area contributed by atoms with Gasteiger partial charge in [-0.1, -0.05) is 0 Å². The molecule has 0 spiro atoms. The molecule has 13 heavy (non-hydrogen) atoms. The van der Waals surface area contributed by atoms with E-state index in [0.717, 1.165) is 18.5 Å². The Balaban J connectivity index is 2.21. The van der Waals surface area contributed by atoms with Crippen LogP contribution in [0.2, 0.25) is 0 Å². The van der Waals surface area contributed by atoms with Crippen molar-refractivity contribution in [3.63, 3.8) is 0 Å². The van der Waals surface area contributed by atoms with Crippen LogP contribution in [0.15, 0.2) is 6.33 Å². The molecule has 2 N–H and O–H groups in total. The zero-order valence-corrected chi connectivity index (χ0v) is 8.33. The molecule has 1 aliphatic rings. The zero-order valence-electron chi connectivity index (χ0n) is 8.33. The van der Waals surface area contributed by atoms with Gasteiger partial charge in [-0.3, -0.25) is 0 Å². The number of aromatic nitrogens is 2. The number of hydrogen-bond donors (Lipinski definition) is 1. The Hall–Kier alpha value is -0.830. The molecule has 1 fully saturated rings. The van der Waals surface area contributed by atoms with Gasteiger partial charge in [0.1, 0.15) is 0 Å². The second kappa shape index (κ2) is 3.14. The highest BCUT2D eigenvalue weighted by Gasteiger charge is 2.24. The highest BCUT2D eigenvalue weighted by atomic mass is 15.1. The quantitative estimate of drug-likeness (QED) is 0.711. The van der Waals surface area contributed by atoms with Gasteiger partial charge in [-0.15, -0.1) is 0 Å². The molecule has 2 rings (SSSR count). The molecule has 3 nitrogen and oxygen atoms in total. The van der Waals surface area contributed by atoms with E-state index in [1.807, 2.05) is 6.33 Å². The number of nitrogens with two attached hydrogens (primary N) is 1. The Labute approximate surface area is 79.0 Å². The number of rotatable bonds is 1. The van der Waals surface area contributed by atoms with Crippen molar-refractivity contribution in [3.8, 4) is 0 Å². The standard InChI is InChI=1S/C10H17N3/c1-7-8(2)13(6-12-7)10-4-3-9(11)5-10/h6,9-10H,3-5,11H2,1-2H3. The molecule has 0 aromatic carbocycles. The van der Waals surface area contributed by atoms with E-state index in [1.165, 1.54) is 12.1 Å². The van der Waals surface area contributed by atoms with Crippen LogP contribution in [0.5, 0.6) is 0 Å². The summed E-state index contributed by atoms with van der Waals surface area (Å²) >= 11 is 0. The summed E-state index contributed by atoms with van der Waals surface area (Å²) in [7, 11) is 0. The summed E-state index contributed by atoms with van der Waals surface area (Å²) in [5.41, 5.74) is 8.32. The topological polar surface area (TPSA) is 43.8 Å². The molecule has 0 amide bonds. The maximum Gasteiger partial charge on any atom is 0.0954 e. The number of hydrogen-bond acceptors (Lipinski definition) is 2. The van der Waals surface area contributed by atoms with Crippen molar-refractivity contribution in [2.24, 2.45) is 5.73 Å². The van der Waals surface area contributed by atoms with Gasteiger partial charge in [0.2, 0.25) is 0 Å². The van der Waals surface area contributed by atoms with Gasteiger partial charge < -0.3 is 10.3 Å². The van der Waals surface area contributed by atoms with Crippen LogP contribution in [0.25, 0.3) is 0 Å². The third-order valence-electron chi connectivity index (χ3n) is 3.13. The second-order valence-electron chi connectivity index (χ2n) is 4.05. The van der Waals surface area contributed by atoms with E-state index >= 15 is 0 Å². The molecule has 0 aliphatic heterocycles. The smallest absolute Gasteiger partial charge is 0.0954 e. The third kappa shape index (κ3) is 1.48. The molecule has 0 radical (unpaired) electrons. The predicted octanol–water partition coefficient (Wildman–Crippen LogP) is 1.55. The molecule has 3 heteroatoms. The van der Waals surface area contributed by atoms with Crippen molar-refractivity contribution in [1.82, 2.24) is 9.55 Å². The summed E-state index contributed by atoms with van der Waals surface area (Å²) in [6, 6.07) is 0.989. The van der Waals surface area contributed by atoms with E-state index in [1.54, 1.807) is 0 Å². The largest absolute Gasteiger partial charge is 0.332 e. The van der Waals surface area contributed by atoms with E-state index in [9.17, 15) is 0 Å². The highest BCUT2D eigenvalue weighted by Crippen LogP contribution is 2.30. The molecule has 72 valence electrons. The molecule has 1 aliphatic carbocycles. The Morgan fingerprint density at radius 1 is 1.46 bits per heavy atom. The maximum atomic E-state index is 5.89. The minimum atomic E-state index is 0.395. The first-order valence-corrected chi connectivity index (χ1v) is 4.94. The first-order valence-electron chi connectivity index (χ1n) is 4.94. The zero-order chi connectivity index (χ0) is 9.42. The van der Waals surface area contributed by atoms with E-state index in [0.29, 0.717) is 12.1 Å². The Bertz CT molecular complexity index is 303. The molecule has 1 saturated carbocycles. The van der Waals surface area contributed by atoms with E-state index < -0.39 is 0 Å². The summed E-state index contributed by atoms with van der Waals surface area (Å²) in [6.07, 6.45) is 5.42. The van der Waals surface area contributed by atoms with Crippen molar-refractivity contribution >= 4 is 0 Å². The first-order chi connectivity index (χ1) is 6.18. The normalized spacial score (nSPS) is 28.2. The lowest BCUT2D eigenvalue weighted by Gasteiger charge is -2.13. The molecule has 2 unspecified atom stereocenters. The predicted molar refractivity (Wildman–Crippen MR) is 52.6 cm³/mol. The van der Waals surface area contributed by atoms with Gasteiger partial charge in [0, 0.05) is 17.8 Å². The first kappa shape index (κ1) is 8.75. The number of imidazole rings is 1. The lowest BCUT2D eigenvalue weighted by molar-refractivity contribution is 0.499. The lowest BCUT2D eigenvalue weighted by atomic mass is 10.2. The maximum absolute atomic E-state index is 5.89. The van der Waals surface area contributed by atoms with E-state index in [4.69, 9.17) is 5.73 Å². The third-order valence-corrected chi connectivity index (χ3v) is 3.13. The van der Waals surface area contributed by atoms with Crippen LogP contribution in [0.4, 0.5) is 0 Å². The summed E-state index contributed by atoms with van der Waals surface area (Å²) in [6.45, 7) is 4.19. The molecule has 1 heterocycles. The fraction of sp³-hybridized carbons (Fsp3) is 0.700. The van der Waals surface area contributed by atoms with E-state index in [2.05, 4.69) is 23.4 Å². The highest BCUT2D eigenvalue weighted by molar-refractivity contribution is 5.10. The van der Waals surface area contributed by atoms with Crippen LogP contribution in [0.1, 0.15) is 36.7 Å². The van der Waals surface area contributed by atoms with Gasteiger partial charge in [-0.2, -0.15) is 0 Å². The molecule has 1 aromatic heterocycles. The van der Waals surface area contributed by atoms with Crippen LogP contribution in [-0.2, 0) is 0 Å². The van der Waals surface area contributed by atoms with Crippen LogP contribution >= 0.6 is 0 Å². The Kier molecular flexibility index (Phi) is 2.12. The van der Waals surface area contributed by atoms with Gasteiger partial charge >= 0.3 is 0 Å². The Morgan fingerprint density at radius 3 is 2.69 bits per heavy atom. The molecule has 0 bridgehead atoms. The minimum Gasteiger partial charge on any atom is -0.332 e. The number of aryl methyl sites for hydroxylation is 1. The van der Waals surface area contributed by atoms with Crippen molar-refractivity contribution < 1.29 is 0 Å². The van der Waals surface area contributed by atoms with Crippen LogP contribution in [0, 0.1) is 13.8 Å². The van der Waals surface area contributed by atoms with Crippen LogP contribution in [-0.4, -0.2) is 15.6 Å². The molecular formula is C10H17N3. The van der Waals surface area contributed by atoms with Gasteiger partial charge in [0.15, 0.2) is 0 Å². The van der Waals surface area contributed by atoms with Crippen LogP contribution < -0.4 is 5.73 Å². The van der Waals surface area contributed by atoms with Gasteiger partial charge in [-0.05, 0) is 33.1 Å². The van der Waals surface area contributed by atoms with Crippen LogP contribution in [0.3, 0.4) is 0 Å². The number of nitrogens with zero attached hydrogens (tertiary/aromatic N) is 2. The van der Waals surface area contributed by atoms with Crippen molar-refractivity contribution in [1.29, 1.82) is 0 Å². The summed E-state index contributed by atoms with van der Waals surface area (Å²) in [4.78, 5) is 4.31. The summed E-state index contributed by atoms with van der Waals surface area (Å²) < 4.78 is 2.28. The molecule has 0 saturated heterocycles. The fourth-order valence-electron chi connectivity index (χ4n) is 2.13. The summed E-state index contributed by atoms with van der Waals surface area (Å²) in [5.74, 6) is 0. The van der Waals surface area contributed by atoms with Crippen molar-refractivity contribution in [2.75, 3.05) is 0 Å². The average Bonchev–Trinajstić information content (AvgIpc) is 2.62. The monoisotopic (exact) mass is 179 g/mol. The van der Waals surface area contributed by atoms with E-state index in [-0.39, 0.29) is 0 Å². The van der Waals surface area contributed by atoms with Gasteiger partial charge in [-0.25, -0.2) is 4.98 Å². The molecular weight excluding hydrogens is 162 g/mol. The minimum absolute atomic E-state index is 0.395. The van der Waals surface area contributed by atoms with Crippen molar-refractivity contribution in [2.45, 2.75) is 45.2 Å². The SMILES string of the molecule is Cc1ncn(C2CCC(N)C2)c1C. The average molecular weight is 179 g/mol. The van der Waals surface area contributed by atoms with Gasteiger partial charge in [0.25, 0.3) is 0 Å². The second-order valence-corrected chi connectivity index (χ2v) is 4.05. The lowest BCUT2D eigenvalue weighted by Crippen LogP contribution is -2.16. The molecule has 2 atom stereocenters. The fourth-order valence-corrected chi connectivity index (χ4v) is 2.13.